The van der Waals surface area contributed by atoms with Gasteiger partial charge in [0.1, 0.15) is 5.69 Å². The van der Waals surface area contributed by atoms with E-state index in [4.69, 9.17) is 0 Å². The molecule has 4 aliphatic carbocycles. The number of piperazine rings is 1. The van der Waals surface area contributed by atoms with Crippen molar-refractivity contribution >= 4 is 23.0 Å². The Balaban J connectivity index is 1.10. The Kier molecular flexibility index (Phi) is 6.33. The minimum Gasteiger partial charge on any atom is -0.373 e. The summed E-state index contributed by atoms with van der Waals surface area (Å²) < 4.78 is 0. The number of nitro groups is 1. The van der Waals surface area contributed by atoms with E-state index < -0.39 is 0 Å². The number of nitrogens with zero attached hydrogens (tertiary/aromatic N) is 3. The molecular weight excluding hydrogens is 464 g/mol. The minimum absolute atomic E-state index is 0.0609. The van der Waals surface area contributed by atoms with Crippen LogP contribution in [0.15, 0.2) is 48.5 Å². The zero-order valence-corrected chi connectivity index (χ0v) is 21.8. The average molecular weight is 503 g/mol. The number of carbonyl (C=O) groups is 1. The van der Waals surface area contributed by atoms with E-state index >= 15 is 0 Å². The van der Waals surface area contributed by atoms with E-state index in [0.717, 1.165) is 48.5 Å². The van der Waals surface area contributed by atoms with Crippen molar-refractivity contribution in [3.05, 3.63) is 64.2 Å². The van der Waals surface area contributed by atoms with Crippen molar-refractivity contribution in [2.24, 2.45) is 23.2 Å². The molecule has 4 bridgehead atoms. The number of carbonyl (C=O) groups excluding carboxylic acids is 1. The van der Waals surface area contributed by atoms with Gasteiger partial charge in [-0.1, -0.05) is 30.3 Å². The second-order valence-corrected chi connectivity index (χ2v) is 12.2. The van der Waals surface area contributed by atoms with Gasteiger partial charge in [-0.15, -0.1) is 0 Å². The van der Waals surface area contributed by atoms with Gasteiger partial charge < -0.3 is 15.1 Å². The number of nitro benzene ring substituents is 1. The van der Waals surface area contributed by atoms with Gasteiger partial charge in [0.2, 0.25) is 5.91 Å². The summed E-state index contributed by atoms with van der Waals surface area (Å²) in [5, 5.41) is 15.1. The normalized spacial score (nSPS) is 29.3. The Labute approximate surface area is 219 Å². The van der Waals surface area contributed by atoms with Crippen LogP contribution < -0.4 is 10.2 Å². The van der Waals surface area contributed by atoms with Gasteiger partial charge >= 0.3 is 0 Å². The molecule has 2 aromatic carbocycles. The van der Waals surface area contributed by atoms with Gasteiger partial charge in [-0.2, -0.15) is 0 Å². The number of hydrogen-bond acceptors (Lipinski definition) is 5. The molecule has 1 heterocycles. The molecule has 0 aromatic heterocycles. The Morgan fingerprint density at radius 3 is 2.22 bits per heavy atom. The summed E-state index contributed by atoms with van der Waals surface area (Å²) >= 11 is 0. The monoisotopic (exact) mass is 502 g/mol. The molecule has 0 spiro atoms. The zero-order valence-electron chi connectivity index (χ0n) is 21.8. The van der Waals surface area contributed by atoms with Crippen LogP contribution in [0.4, 0.5) is 17.1 Å². The van der Waals surface area contributed by atoms with Gasteiger partial charge in [0, 0.05) is 50.4 Å². The molecule has 4 saturated carbocycles. The lowest BCUT2D eigenvalue weighted by Crippen LogP contribution is -2.52. The fraction of sp³-hybridized carbons (Fsp3) is 0.567. The molecule has 5 fully saturated rings. The van der Waals surface area contributed by atoms with Crippen LogP contribution in [0, 0.1) is 33.3 Å². The topological polar surface area (TPSA) is 78.7 Å². The van der Waals surface area contributed by atoms with Crippen molar-refractivity contribution in [3.63, 3.8) is 0 Å². The molecule has 2 aromatic rings. The average Bonchev–Trinajstić information content (AvgIpc) is 2.88. The van der Waals surface area contributed by atoms with Crippen LogP contribution in [0.1, 0.15) is 63.5 Å². The third-order valence-electron chi connectivity index (χ3n) is 9.54. The molecule has 0 unspecified atom stereocenters. The predicted octanol–water partition coefficient (Wildman–Crippen LogP) is 6.02. The summed E-state index contributed by atoms with van der Waals surface area (Å²) in [6.45, 7) is 4.94. The van der Waals surface area contributed by atoms with Crippen LogP contribution in [0.5, 0.6) is 0 Å². The lowest BCUT2D eigenvalue weighted by atomic mass is 9.49. The SMILES string of the molecule is C[C@H](Nc1cc(N2CCN(C(=O)CC34CC5CC(CC(C5)C3)C4)CC2)ccc1[N+](=O)[O-])c1ccccc1. The van der Waals surface area contributed by atoms with Crippen LogP contribution in [0.25, 0.3) is 0 Å². The van der Waals surface area contributed by atoms with Crippen LogP contribution in [-0.4, -0.2) is 41.9 Å². The fourth-order valence-electron chi connectivity index (χ4n) is 8.21. The molecule has 1 atom stereocenters. The van der Waals surface area contributed by atoms with Crippen molar-refractivity contribution < 1.29 is 9.72 Å². The summed E-state index contributed by atoms with van der Waals surface area (Å²) in [6.07, 6.45) is 8.76. The number of benzene rings is 2. The van der Waals surface area contributed by atoms with E-state index in [2.05, 4.69) is 15.1 Å². The predicted molar refractivity (Wildman–Crippen MR) is 146 cm³/mol. The molecule has 7 nitrogen and oxygen atoms in total. The number of rotatable bonds is 7. The van der Waals surface area contributed by atoms with E-state index in [-0.39, 0.29) is 22.1 Å². The second kappa shape index (κ2) is 9.66. The number of anilines is 2. The summed E-state index contributed by atoms with van der Waals surface area (Å²) in [5.41, 5.74) is 2.92. The van der Waals surface area contributed by atoms with Crippen LogP contribution >= 0.6 is 0 Å². The van der Waals surface area contributed by atoms with E-state index in [1.165, 1.54) is 38.5 Å². The molecular formula is C30H38N4O3. The highest BCUT2D eigenvalue weighted by Crippen LogP contribution is 2.61. The first-order valence-corrected chi connectivity index (χ1v) is 14.0. The second-order valence-electron chi connectivity index (χ2n) is 12.2. The first-order chi connectivity index (χ1) is 17.9. The number of amides is 1. The quantitative estimate of drug-likeness (QED) is 0.370. The van der Waals surface area contributed by atoms with Crippen molar-refractivity contribution in [2.45, 2.75) is 57.9 Å². The first-order valence-electron chi connectivity index (χ1n) is 14.0. The van der Waals surface area contributed by atoms with E-state index in [0.29, 0.717) is 24.7 Å². The summed E-state index contributed by atoms with van der Waals surface area (Å²) in [7, 11) is 0. The molecule has 7 heteroatoms. The third kappa shape index (κ3) is 4.92. The van der Waals surface area contributed by atoms with Gasteiger partial charge in [0.25, 0.3) is 5.69 Å². The highest BCUT2D eigenvalue weighted by molar-refractivity contribution is 5.77. The largest absolute Gasteiger partial charge is 0.373 e. The Bertz CT molecular complexity index is 1120. The molecule has 7 rings (SSSR count). The van der Waals surface area contributed by atoms with Gasteiger partial charge in [0.05, 0.1) is 4.92 Å². The number of hydrogen-bond donors (Lipinski definition) is 1. The highest BCUT2D eigenvalue weighted by atomic mass is 16.6. The Morgan fingerprint density at radius 2 is 1.62 bits per heavy atom. The molecule has 1 N–H and O–H groups in total. The van der Waals surface area contributed by atoms with Crippen molar-refractivity contribution in [2.75, 3.05) is 36.4 Å². The lowest BCUT2D eigenvalue weighted by Gasteiger charge is -2.57. The van der Waals surface area contributed by atoms with Crippen molar-refractivity contribution in [1.29, 1.82) is 0 Å². The molecule has 37 heavy (non-hydrogen) atoms. The Hall–Kier alpha value is -3.09. The summed E-state index contributed by atoms with van der Waals surface area (Å²) in [5.74, 6) is 2.94. The summed E-state index contributed by atoms with van der Waals surface area (Å²) in [4.78, 5) is 29.1. The molecule has 1 saturated heterocycles. The van der Waals surface area contributed by atoms with Gasteiger partial charge in [-0.3, -0.25) is 14.9 Å². The molecule has 0 radical (unpaired) electrons. The molecule has 196 valence electrons. The van der Waals surface area contributed by atoms with E-state index in [1.807, 2.05) is 49.4 Å². The summed E-state index contributed by atoms with van der Waals surface area (Å²) in [6, 6.07) is 15.2. The lowest BCUT2D eigenvalue weighted by molar-refractivity contribution is -0.384. The molecule has 5 aliphatic rings. The van der Waals surface area contributed by atoms with Crippen molar-refractivity contribution in [1.82, 2.24) is 4.90 Å². The van der Waals surface area contributed by atoms with Gasteiger partial charge in [-0.25, -0.2) is 0 Å². The zero-order chi connectivity index (χ0) is 25.6. The first kappa shape index (κ1) is 24.3. The van der Waals surface area contributed by atoms with Gasteiger partial charge in [-0.05, 0) is 86.3 Å². The van der Waals surface area contributed by atoms with E-state index in [9.17, 15) is 14.9 Å². The number of nitrogens with one attached hydrogen (secondary N) is 1. The maximum Gasteiger partial charge on any atom is 0.292 e. The molecule has 1 amide bonds. The maximum atomic E-state index is 13.4. The smallest absolute Gasteiger partial charge is 0.292 e. The third-order valence-corrected chi connectivity index (χ3v) is 9.54. The van der Waals surface area contributed by atoms with Crippen LogP contribution in [0.2, 0.25) is 0 Å². The Morgan fingerprint density at radius 1 is 1.00 bits per heavy atom. The highest BCUT2D eigenvalue weighted by Gasteiger charge is 2.51. The minimum atomic E-state index is -0.328. The van der Waals surface area contributed by atoms with Gasteiger partial charge in [0.15, 0.2) is 0 Å². The van der Waals surface area contributed by atoms with Crippen molar-refractivity contribution in [3.8, 4) is 0 Å². The standard InChI is InChI=1S/C30H38N4O3/c1-21(25-5-3-2-4-6-25)31-27-16-26(7-8-28(27)34(36)37)32-9-11-33(12-10-32)29(35)20-30-17-22-13-23(18-30)15-24(14-22)19-30/h2-8,16,21-24,31H,9-15,17-20H2,1H3/t21-,22?,23?,24?,30?/m0/s1. The van der Waals surface area contributed by atoms with Crippen LogP contribution in [0.3, 0.4) is 0 Å². The molecule has 1 aliphatic heterocycles. The fourth-order valence-corrected chi connectivity index (χ4v) is 8.21. The van der Waals surface area contributed by atoms with E-state index in [1.54, 1.807) is 6.07 Å². The van der Waals surface area contributed by atoms with Crippen LogP contribution in [-0.2, 0) is 4.79 Å². The maximum absolute atomic E-state index is 13.4.